The van der Waals surface area contributed by atoms with Gasteiger partial charge in [-0.15, -0.1) is 0 Å². The quantitative estimate of drug-likeness (QED) is 0.435. The van der Waals surface area contributed by atoms with E-state index in [2.05, 4.69) is 9.88 Å². The van der Waals surface area contributed by atoms with Crippen molar-refractivity contribution in [2.24, 2.45) is 0 Å². The molecular weight excluding hydrogens is 401 g/mol. The third kappa shape index (κ3) is 4.03. The van der Waals surface area contributed by atoms with Crippen LogP contribution in [0.25, 0.3) is 5.76 Å². The third-order valence-electron chi connectivity index (χ3n) is 5.82. The summed E-state index contributed by atoms with van der Waals surface area (Å²) in [5.41, 5.74) is 0.646. The van der Waals surface area contributed by atoms with Crippen molar-refractivity contribution < 1.29 is 23.8 Å². The van der Waals surface area contributed by atoms with Crippen molar-refractivity contribution in [2.75, 3.05) is 33.3 Å². The first-order valence-corrected chi connectivity index (χ1v) is 10.3. The lowest BCUT2D eigenvalue weighted by atomic mass is 9.96. The maximum absolute atomic E-state index is 14.2. The fraction of sp³-hybridized carbons (Fsp3) is 0.348. The van der Waals surface area contributed by atoms with Crippen LogP contribution in [0, 0.1) is 5.82 Å². The summed E-state index contributed by atoms with van der Waals surface area (Å²) in [4.78, 5) is 33.7. The summed E-state index contributed by atoms with van der Waals surface area (Å²) in [6, 6.07) is 6.59. The van der Waals surface area contributed by atoms with Crippen molar-refractivity contribution in [3.8, 4) is 5.75 Å². The first-order valence-electron chi connectivity index (χ1n) is 10.3. The van der Waals surface area contributed by atoms with Crippen LogP contribution in [0.2, 0.25) is 0 Å². The number of pyridine rings is 1. The molecule has 1 N–H and O–H groups in total. The van der Waals surface area contributed by atoms with Crippen LogP contribution < -0.4 is 4.74 Å². The van der Waals surface area contributed by atoms with Crippen molar-refractivity contribution in [1.82, 2.24) is 14.8 Å². The topological polar surface area (TPSA) is 83.0 Å². The molecule has 8 heteroatoms. The standard InChI is InChI=1S/C23H24FN3O4/c1-31-18-7-6-15(13-17(18)24)21(28)19-20(16-5-4-8-25-14-16)27(23(30)22(19)29)12-11-26-9-2-3-10-26/h4-8,13-14,20,28H,2-3,9-12H2,1H3/b21-19+. The number of aromatic nitrogens is 1. The molecule has 2 aromatic rings. The molecule has 2 aliphatic heterocycles. The summed E-state index contributed by atoms with van der Waals surface area (Å²) < 4.78 is 19.1. The number of carbonyl (C=O) groups excluding carboxylic acids is 2. The van der Waals surface area contributed by atoms with Gasteiger partial charge in [-0.1, -0.05) is 6.07 Å². The Morgan fingerprint density at radius 1 is 1.23 bits per heavy atom. The van der Waals surface area contributed by atoms with Crippen LogP contribution in [-0.4, -0.2) is 64.9 Å². The number of methoxy groups -OCH3 is 1. The molecule has 3 heterocycles. The number of hydrogen-bond donors (Lipinski definition) is 1. The van der Waals surface area contributed by atoms with Gasteiger partial charge < -0.3 is 19.6 Å². The zero-order valence-corrected chi connectivity index (χ0v) is 17.3. The summed E-state index contributed by atoms with van der Waals surface area (Å²) in [5, 5.41) is 11.0. The number of carbonyl (C=O) groups is 2. The fourth-order valence-corrected chi connectivity index (χ4v) is 4.22. The van der Waals surface area contributed by atoms with Crippen LogP contribution >= 0.6 is 0 Å². The Morgan fingerprint density at radius 3 is 2.65 bits per heavy atom. The highest BCUT2D eigenvalue weighted by Crippen LogP contribution is 2.39. The van der Waals surface area contributed by atoms with Crippen LogP contribution in [0.1, 0.15) is 30.0 Å². The number of hydrogen-bond acceptors (Lipinski definition) is 6. The van der Waals surface area contributed by atoms with E-state index in [1.165, 1.54) is 24.1 Å². The van der Waals surface area contributed by atoms with Crippen molar-refractivity contribution in [3.05, 3.63) is 65.2 Å². The maximum Gasteiger partial charge on any atom is 0.295 e. The highest BCUT2D eigenvalue weighted by Gasteiger charge is 2.46. The lowest BCUT2D eigenvalue weighted by Crippen LogP contribution is -2.37. The number of likely N-dealkylation sites (tertiary alicyclic amines) is 2. The largest absolute Gasteiger partial charge is 0.507 e. The van der Waals surface area contributed by atoms with Gasteiger partial charge in [0.15, 0.2) is 11.6 Å². The molecule has 2 saturated heterocycles. The number of halogens is 1. The summed E-state index contributed by atoms with van der Waals surface area (Å²) in [7, 11) is 1.34. The highest BCUT2D eigenvalue weighted by atomic mass is 19.1. The first-order chi connectivity index (χ1) is 15.0. The van der Waals surface area contributed by atoms with Crippen molar-refractivity contribution in [2.45, 2.75) is 18.9 Å². The number of ketones is 1. The normalized spacial score (nSPS) is 21.1. The molecule has 7 nitrogen and oxygen atoms in total. The number of aliphatic hydroxyl groups excluding tert-OH is 1. The highest BCUT2D eigenvalue weighted by molar-refractivity contribution is 6.46. The number of Topliss-reactive ketones (excluding diaryl/α,β-unsaturated/α-hetero) is 1. The summed E-state index contributed by atoms with van der Waals surface area (Å²) in [6.45, 7) is 2.91. The summed E-state index contributed by atoms with van der Waals surface area (Å²) >= 11 is 0. The van der Waals surface area contributed by atoms with E-state index in [9.17, 15) is 19.1 Å². The van der Waals surface area contributed by atoms with Crippen LogP contribution in [0.4, 0.5) is 4.39 Å². The molecule has 0 spiro atoms. The van der Waals surface area contributed by atoms with Gasteiger partial charge in [0.25, 0.3) is 11.7 Å². The van der Waals surface area contributed by atoms with Gasteiger partial charge in [-0.05, 0) is 55.8 Å². The van der Waals surface area contributed by atoms with E-state index in [0.717, 1.165) is 32.0 Å². The molecule has 0 bridgehead atoms. The molecule has 0 aliphatic carbocycles. The minimum Gasteiger partial charge on any atom is -0.507 e. The van der Waals surface area contributed by atoms with E-state index in [-0.39, 0.29) is 16.9 Å². The molecular formula is C23H24FN3O4. The Kier molecular flexibility index (Phi) is 5.99. The predicted molar refractivity (Wildman–Crippen MR) is 112 cm³/mol. The molecule has 31 heavy (non-hydrogen) atoms. The zero-order chi connectivity index (χ0) is 22.0. The third-order valence-corrected chi connectivity index (χ3v) is 5.82. The van der Waals surface area contributed by atoms with Gasteiger partial charge >= 0.3 is 0 Å². The van der Waals surface area contributed by atoms with Gasteiger partial charge in [-0.25, -0.2) is 4.39 Å². The number of benzene rings is 1. The number of amides is 1. The Labute approximate surface area is 179 Å². The number of nitrogens with zero attached hydrogens (tertiary/aromatic N) is 3. The van der Waals surface area contributed by atoms with E-state index in [0.29, 0.717) is 18.7 Å². The van der Waals surface area contributed by atoms with E-state index < -0.39 is 29.3 Å². The van der Waals surface area contributed by atoms with Gasteiger partial charge in [0.05, 0.1) is 18.7 Å². The van der Waals surface area contributed by atoms with Crippen LogP contribution in [0.15, 0.2) is 48.3 Å². The second kappa shape index (κ2) is 8.85. The number of ether oxygens (including phenoxy) is 1. The number of aliphatic hydroxyl groups is 1. The molecule has 1 unspecified atom stereocenters. The van der Waals surface area contributed by atoms with E-state index in [1.54, 1.807) is 24.5 Å². The lowest BCUT2D eigenvalue weighted by molar-refractivity contribution is -0.140. The van der Waals surface area contributed by atoms with Crippen LogP contribution in [0.5, 0.6) is 5.75 Å². The molecule has 162 valence electrons. The van der Waals surface area contributed by atoms with Crippen LogP contribution in [0.3, 0.4) is 0 Å². The first kappa shape index (κ1) is 21.0. The molecule has 1 aromatic heterocycles. The Bertz CT molecular complexity index is 1020. The molecule has 1 aromatic carbocycles. The summed E-state index contributed by atoms with van der Waals surface area (Å²) in [5.74, 6) is -2.54. The van der Waals surface area contributed by atoms with Crippen molar-refractivity contribution in [3.63, 3.8) is 0 Å². The smallest absolute Gasteiger partial charge is 0.295 e. The van der Waals surface area contributed by atoms with Crippen LogP contribution in [-0.2, 0) is 9.59 Å². The van der Waals surface area contributed by atoms with E-state index in [1.807, 2.05) is 0 Å². The maximum atomic E-state index is 14.2. The minimum absolute atomic E-state index is 0.0198. The molecule has 4 rings (SSSR count). The molecule has 0 radical (unpaired) electrons. The van der Waals surface area contributed by atoms with Gasteiger partial charge in [-0.3, -0.25) is 14.6 Å². The number of rotatable bonds is 6. The zero-order valence-electron chi connectivity index (χ0n) is 17.3. The Hall–Kier alpha value is -3.26. The molecule has 2 fully saturated rings. The molecule has 1 amide bonds. The second-order valence-electron chi connectivity index (χ2n) is 7.68. The average molecular weight is 425 g/mol. The van der Waals surface area contributed by atoms with E-state index >= 15 is 0 Å². The minimum atomic E-state index is -0.790. The summed E-state index contributed by atoms with van der Waals surface area (Å²) in [6.07, 6.45) is 5.40. The monoisotopic (exact) mass is 425 g/mol. The molecule has 2 aliphatic rings. The fourth-order valence-electron chi connectivity index (χ4n) is 4.22. The van der Waals surface area contributed by atoms with Crippen molar-refractivity contribution in [1.29, 1.82) is 0 Å². The predicted octanol–water partition coefficient (Wildman–Crippen LogP) is 2.75. The SMILES string of the molecule is COc1ccc(/C(O)=C2\C(=O)C(=O)N(CCN3CCCC3)C2c2cccnc2)cc1F. The Morgan fingerprint density at radius 2 is 2.00 bits per heavy atom. The second-order valence-corrected chi connectivity index (χ2v) is 7.68. The van der Waals surface area contributed by atoms with Gasteiger partial charge in [0.1, 0.15) is 5.76 Å². The molecule has 0 saturated carbocycles. The van der Waals surface area contributed by atoms with Gasteiger partial charge in [-0.2, -0.15) is 0 Å². The van der Waals surface area contributed by atoms with Crippen molar-refractivity contribution >= 4 is 17.4 Å². The van der Waals surface area contributed by atoms with Gasteiger partial charge in [0, 0.05) is 31.0 Å². The lowest BCUT2D eigenvalue weighted by Gasteiger charge is -2.27. The Balaban J connectivity index is 1.75. The average Bonchev–Trinajstić information content (AvgIpc) is 3.39. The van der Waals surface area contributed by atoms with E-state index in [4.69, 9.17) is 4.74 Å². The van der Waals surface area contributed by atoms with Gasteiger partial charge in [0.2, 0.25) is 0 Å². The molecule has 1 atom stereocenters.